The van der Waals surface area contributed by atoms with Gasteiger partial charge in [0.25, 0.3) is 0 Å². The Morgan fingerprint density at radius 2 is 1.52 bits per heavy atom. The molecule has 6 rings (SSSR count). The average molecular weight is 295 g/mol. The molecule has 110 valence electrons. The van der Waals surface area contributed by atoms with Crippen molar-refractivity contribution in [3.05, 3.63) is 65.9 Å². The van der Waals surface area contributed by atoms with E-state index in [1.54, 1.807) is 0 Å². The van der Waals surface area contributed by atoms with E-state index >= 15 is 0 Å². The summed E-state index contributed by atoms with van der Waals surface area (Å²) in [6.07, 6.45) is 4.03. The number of fused-ring (bicyclic) bond motifs is 9. The molecular formula is C22H17N. The van der Waals surface area contributed by atoms with Gasteiger partial charge in [0.1, 0.15) is 0 Å². The molecule has 0 amide bonds. The van der Waals surface area contributed by atoms with Crippen LogP contribution in [0.3, 0.4) is 0 Å². The molecule has 23 heavy (non-hydrogen) atoms. The van der Waals surface area contributed by atoms with Crippen molar-refractivity contribution >= 4 is 32.4 Å². The molecular weight excluding hydrogens is 278 g/mol. The van der Waals surface area contributed by atoms with Crippen LogP contribution < -0.4 is 0 Å². The molecule has 1 heterocycles. The molecule has 2 bridgehead atoms. The van der Waals surface area contributed by atoms with Gasteiger partial charge in [-0.3, -0.25) is 4.98 Å². The van der Waals surface area contributed by atoms with Crippen LogP contribution >= 0.6 is 0 Å². The minimum atomic E-state index is 0.718. The van der Waals surface area contributed by atoms with E-state index in [2.05, 4.69) is 54.6 Å². The molecule has 0 spiro atoms. The Hall–Kier alpha value is -2.41. The predicted molar refractivity (Wildman–Crippen MR) is 96.1 cm³/mol. The Labute approximate surface area is 135 Å². The molecule has 1 heteroatoms. The average Bonchev–Trinajstić information content (AvgIpc) is 3.20. The van der Waals surface area contributed by atoms with Crippen LogP contribution in [0.1, 0.15) is 42.4 Å². The summed E-state index contributed by atoms with van der Waals surface area (Å²) in [5, 5.41) is 6.51. The Balaban J connectivity index is 1.75. The summed E-state index contributed by atoms with van der Waals surface area (Å²) in [6, 6.07) is 20.2. The Morgan fingerprint density at radius 1 is 0.739 bits per heavy atom. The number of pyridine rings is 1. The fourth-order valence-corrected chi connectivity index (χ4v) is 4.85. The van der Waals surface area contributed by atoms with Crippen molar-refractivity contribution in [3.63, 3.8) is 0 Å². The fourth-order valence-electron chi connectivity index (χ4n) is 4.85. The van der Waals surface area contributed by atoms with Gasteiger partial charge in [-0.25, -0.2) is 0 Å². The third-order valence-corrected chi connectivity index (χ3v) is 5.99. The Kier molecular flexibility index (Phi) is 2.16. The molecule has 1 nitrogen and oxygen atoms in total. The van der Waals surface area contributed by atoms with Crippen LogP contribution in [-0.2, 0) is 0 Å². The molecule has 0 saturated heterocycles. The zero-order valence-corrected chi connectivity index (χ0v) is 12.9. The van der Waals surface area contributed by atoms with Crippen molar-refractivity contribution in [2.75, 3.05) is 0 Å². The Bertz CT molecular complexity index is 1110. The summed E-state index contributed by atoms with van der Waals surface area (Å²) in [6.45, 7) is 0. The highest BCUT2D eigenvalue weighted by atomic mass is 14.7. The van der Waals surface area contributed by atoms with Gasteiger partial charge in [-0.05, 0) is 65.1 Å². The fraction of sp³-hybridized carbons (Fsp3) is 0.227. The molecule has 2 unspecified atom stereocenters. The minimum Gasteiger partial charge on any atom is -0.252 e. The number of rotatable bonds is 0. The highest BCUT2D eigenvalue weighted by Gasteiger charge is 2.38. The number of hydrogen-bond donors (Lipinski definition) is 0. The molecule has 0 aliphatic heterocycles. The second-order valence-corrected chi connectivity index (χ2v) is 7.23. The van der Waals surface area contributed by atoms with E-state index in [4.69, 9.17) is 4.98 Å². The second kappa shape index (κ2) is 4.11. The number of hydrogen-bond acceptors (Lipinski definition) is 1. The Morgan fingerprint density at radius 3 is 2.43 bits per heavy atom. The smallest absolute Gasteiger partial charge is 0.0784 e. The molecule has 2 aliphatic carbocycles. The summed E-state index contributed by atoms with van der Waals surface area (Å²) in [5.41, 5.74) is 4.13. The SMILES string of the molecule is c1ccc2cc3c(ccc4cc5c(nc43)C3CCC5C3)cc2c1. The van der Waals surface area contributed by atoms with Crippen molar-refractivity contribution < 1.29 is 0 Å². The monoisotopic (exact) mass is 295 g/mol. The molecule has 2 atom stereocenters. The predicted octanol–water partition coefficient (Wildman–Crippen LogP) is 5.91. The van der Waals surface area contributed by atoms with E-state index in [0.29, 0.717) is 0 Å². The van der Waals surface area contributed by atoms with Crippen molar-refractivity contribution in [2.24, 2.45) is 0 Å². The molecule has 0 radical (unpaired) electrons. The highest BCUT2D eigenvalue weighted by molar-refractivity contribution is 6.10. The lowest BCUT2D eigenvalue weighted by Gasteiger charge is -2.16. The third-order valence-electron chi connectivity index (χ3n) is 5.99. The number of nitrogens with zero attached hydrogens (tertiary/aromatic N) is 1. The van der Waals surface area contributed by atoms with Gasteiger partial charge < -0.3 is 0 Å². The first-order valence-electron chi connectivity index (χ1n) is 8.63. The highest BCUT2D eigenvalue weighted by Crippen LogP contribution is 2.53. The lowest BCUT2D eigenvalue weighted by atomic mass is 9.93. The first-order valence-corrected chi connectivity index (χ1v) is 8.63. The molecule has 4 aromatic rings. The normalized spacial score (nSPS) is 22.3. The van der Waals surface area contributed by atoms with Crippen LogP contribution in [0.5, 0.6) is 0 Å². The van der Waals surface area contributed by atoms with E-state index in [1.165, 1.54) is 63.0 Å². The van der Waals surface area contributed by atoms with Crippen molar-refractivity contribution in [2.45, 2.75) is 31.1 Å². The molecule has 0 N–H and O–H groups in total. The van der Waals surface area contributed by atoms with E-state index in [9.17, 15) is 0 Å². The van der Waals surface area contributed by atoms with Crippen LogP contribution in [0.4, 0.5) is 0 Å². The van der Waals surface area contributed by atoms with Crippen LogP contribution in [-0.4, -0.2) is 4.98 Å². The molecule has 2 aliphatic rings. The number of benzene rings is 3. The van der Waals surface area contributed by atoms with Crippen molar-refractivity contribution in [3.8, 4) is 0 Å². The quantitative estimate of drug-likeness (QED) is 0.290. The van der Waals surface area contributed by atoms with Crippen molar-refractivity contribution in [1.29, 1.82) is 0 Å². The standard InChI is InChI=1S/C22H17N/c1-2-4-14-11-19-15(9-13(14)3-1)6-8-18-12-20-16-5-7-17(10-16)21(20)23-22(18)19/h1-4,6,8-9,11-12,16-17H,5,7,10H2. The minimum absolute atomic E-state index is 0.718. The summed E-state index contributed by atoms with van der Waals surface area (Å²) < 4.78 is 0. The largest absolute Gasteiger partial charge is 0.252 e. The zero-order valence-electron chi connectivity index (χ0n) is 12.9. The van der Waals surface area contributed by atoms with E-state index in [0.717, 1.165) is 11.8 Å². The lowest BCUT2D eigenvalue weighted by Crippen LogP contribution is -2.01. The maximum atomic E-state index is 5.17. The maximum Gasteiger partial charge on any atom is 0.0784 e. The number of aromatic nitrogens is 1. The van der Waals surface area contributed by atoms with Gasteiger partial charge in [0.15, 0.2) is 0 Å². The molecule has 3 aromatic carbocycles. The summed E-state index contributed by atoms with van der Waals surface area (Å²) in [7, 11) is 0. The summed E-state index contributed by atoms with van der Waals surface area (Å²) in [4.78, 5) is 5.17. The van der Waals surface area contributed by atoms with E-state index < -0.39 is 0 Å². The van der Waals surface area contributed by atoms with Gasteiger partial charge >= 0.3 is 0 Å². The maximum absolute atomic E-state index is 5.17. The first kappa shape index (κ1) is 12.1. The third kappa shape index (κ3) is 1.55. The molecule has 1 saturated carbocycles. The van der Waals surface area contributed by atoms with E-state index in [1.807, 2.05) is 0 Å². The van der Waals surface area contributed by atoms with Gasteiger partial charge in [-0.1, -0.05) is 36.4 Å². The van der Waals surface area contributed by atoms with Crippen molar-refractivity contribution in [1.82, 2.24) is 4.98 Å². The van der Waals surface area contributed by atoms with Gasteiger partial charge in [0, 0.05) is 22.4 Å². The summed E-state index contributed by atoms with van der Waals surface area (Å²) >= 11 is 0. The van der Waals surface area contributed by atoms with Crippen LogP contribution in [0.25, 0.3) is 32.4 Å². The topological polar surface area (TPSA) is 12.9 Å². The van der Waals surface area contributed by atoms with Gasteiger partial charge in [0.05, 0.1) is 5.52 Å². The second-order valence-electron chi connectivity index (χ2n) is 7.23. The van der Waals surface area contributed by atoms with Gasteiger partial charge in [0.2, 0.25) is 0 Å². The van der Waals surface area contributed by atoms with Crippen LogP contribution in [0.2, 0.25) is 0 Å². The molecule has 1 fully saturated rings. The molecule has 1 aromatic heterocycles. The van der Waals surface area contributed by atoms with E-state index in [-0.39, 0.29) is 0 Å². The van der Waals surface area contributed by atoms with Crippen LogP contribution in [0.15, 0.2) is 54.6 Å². The lowest BCUT2D eigenvalue weighted by molar-refractivity contribution is 0.701. The zero-order chi connectivity index (χ0) is 15.0. The first-order chi connectivity index (χ1) is 11.4. The van der Waals surface area contributed by atoms with Crippen LogP contribution in [0, 0.1) is 0 Å². The van der Waals surface area contributed by atoms with Gasteiger partial charge in [-0.15, -0.1) is 0 Å². The summed E-state index contributed by atoms with van der Waals surface area (Å²) in [5.74, 6) is 1.49. The van der Waals surface area contributed by atoms with Gasteiger partial charge in [-0.2, -0.15) is 0 Å².